The highest BCUT2D eigenvalue weighted by molar-refractivity contribution is 7.89. The van der Waals surface area contributed by atoms with Crippen molar-refractivity contribution in [2.75, 3.05) is 44.7 Å². The fourth-order valence-electron chi connectivity index (χ4n) is 3.64. The molecule has 2 aromatic rings. The van der Waals surface area contributed by atoms with E-state index in [1.807, 2.05) is 31.2 Å². The fourth-order valence-corrected chi connectivity index (χ4v) is 4.17. The number of amides is 1. The number of aryl methyl sites for hydroxylation is 1. The first kappa shape index (κ1) is 25.6. The number of nitro benzene ring substituents is 1. The number of primary sulfonamides is 1. The number of rotatable bonds is 10. The van der Waals surface area contributed by atoms with Crippen LogP contribution in [-0.4, -0.2) is 63.5 Å². The summed E-state index contributed by atoms with van der Waals surface area (Å²) in [7, 11) is -4.07. The maximum atomic E-state index is 12.7. The lowest BCUT2D eigenvalue weighted by Gasteiger charge is -2.31. The van der Waals surface area contributed by atoms with Crippen molar-refractivity contribution in [2.24, 2.45) is 5.14 Å². The van der Waals surface area contributed by atoms with Crippen LogP contribution in [0.2, 0.25) is 0 Å². The standard InChI is InChI=1S/C22H29N5O6S/c1-16-2-4-17(5-3-16)20(15-26-10-12-33-13-11-26)25-22(28)8-9-24-19-7-6-18(34(23,31)32)14-21(19)27(29)30/h2-7,14,20,24H,8-13,15H2,1H3,(H,25,28)(H2,23,31,32). The van der Waals surface area contributed by atoms with Crippen LogP contribution < -0.4 is 15.8 Å². The summed E-state index contributed by atoms with van der Waals surface area (Å²) < 4.78 is 28.4. The molecule has 0 aliphatic carbocycles. The fraction of sp³-hybridized carbons (Fsp3) is 0.409. The summed E-state index contributed by atoms with van der Waals surface area (Å²) in [4.78, 5) is 25.2. The van der Waals surface area contributed by atoms with Crippen molar-refractivity contribution in [3.63, 3.8) is 0 Å². The second kappa shape index (κ2) is 11.4. The summed E-state index contributed by atoms with van der Waals surface area (Å²) in [5.41, 5.74) is 1.79. The van der Waals surface area contributed by atoms with Gasteiger partial charge in [0.05, 0.1) is 29.1 Å². The van der Waals surface area contributed by atoms with Crippen LogP contribution in [0.5, 0.6) is 0 Å². The number of nitrogens with one attached hydrogen (secondary N) is 2. The third-order valence-electron chi connectivity index (χ3n) is 5.52. The van der Waals surface area contributed by atoms with Gasteiger partial charge in [-0.2, -0.15) is 0 Å². The number of hydrogen-bond donors (Lipinski definition) is 3. The monoisotopic (exact) mass is 491 g/mol. The van der Waals surface area contributed by atoms with E-state index in [-0.39, 0.29) is 35.5 Å². The molecule has 1 saturated heterocycles. The summed E-state index contributed by atoms with van der Waals surface area (Å²) in [5, 5.41) is 22.3. The van der Waals surface area contributed by atoms with Crippen molar-refractivity contribution in [2.45, 2.75) is 24.3 Å². The first-order chi connectivity index (χ1) is 16.1. The first-order valence-corrected chi connectivity index (χ1v) is 12.4. The molecule has 1 heterocycles. The number of carbonyl (C=O) groups excluding carboxylic acids is 1. The van der Waals surface area contributed by atoms with Crippen LogP contribution in [0.3, 0.4) is 0 Å². The van der Waals surface area contributed by atoms with E-state index >= 15 is 0 Å². The normalized spacial score (nSPS) is 15.5. The van der Waals surface area contributed by atoms with Gasteiger partial charge in [0, 0.05) is 38.7 Å². The van der Waals surface area contributed by atoms with Crippen LogP contribution in [-0.2, 0) is 19.6 Å². The SMILES string of the molecule is Cc1ccc(C(CN2CCOCC2)NC(=O)CCNc2ccc(S(N)(=O)=O)cc2[N+](=O)[O-])cc1. The zero-order chi connectivity index (χ0) is 24.7. The highest BCUT2D eigenvalue weighted by Crippen LogP contribution is 2.27. The Morgan fingerprint density at radius 1 is 1.21 bits per heavy atom. The topological polar surface area (TPSA) is 157 Å². The molecule has 12 heteroatoms. The van der Waals surface area contributed by atoms with Crippen LogP contribution in [0, 0.1) is 17.0 Å². The molecule has 1 aliphatic rings. The number of hydrogen-bond acceptors (Lipinski definition) is 8. The Bertz CT molecular complexity index is 1120. The van der Waals surface area contributed by atoms with Crippen molar-refractivity contribution >= 4 is 27.3 Å². The van der Waals surface area contributed by atoms with Crippen molar-refractivity contribution < 1.29 is 22.9 Å². The number of ether oxygens (including phenoxy) is 1. The van der Waals surface area contributed by atoms with Crippen molar-refractivity contribution in [1.82, 2.24) is 10.2 Å². The lowest BCUT2D eigenvalue weighted by atomic mass is 10.0. The van der Waals surface area contributed by atoms with E-state index in [0.717, 1.165) is 30.3 Å². The lowest BCUT2D eigenvalue weighted by molar-refractivity contribution is -0.384. The van der Waals surface area contributed by atoms with Crippen molar-refractivity contribution in [3.8, 4) is 0 Å². The Hall–Kier alpha value is -3.06. The van der Waals surface area contributed by atoms with E-state index in [1.165, 1.54) is 12.1 Å². The van der Waals surface area contributed by atoms with E-state index in [9.17, 15) is 23.3 Å². The molecule has 184 valence electrons. The summed E-state index contributed by atoms with van der Waals surface area (Å²) in [6.07, 6.45) is 0.0690. The summed E-state index contributed by atoms with van der Waals surface area (Å²) in [6, 6.07) is 11.1. The molecule has 11 nitrogen and oxygen atoms in total. The number of carbonyl (C=O) groups is 1. The Labute approximate surface area is 198 Å². The minimum Gasteiger partial charge on any atom is -0.379 e. The predicted octanol–water partition coefficient (Wildman–Crippen LogP) is 1.54. The molecule has 0 bridgehead atoms. The molecule has 0 spiro atoms. The smallest absolute Gasteiger partial charge is 0.293 e. The third kappa shape index (κ3) is 7.22. The van der Waals surface area contributed by atoms with E-state index in [2.05, 4.69) is 15.5 Å². The van der Waals surface area contributed by atoms with Crippen LogP contribution in [0.25, 0.3) is 0 Å². The average Bonchev–Trinajstić information content (AvgIpc) is 2.79. The Morgan fingerprint density at radius 3 is 2.50 bits per heavy atom. The van der Waals surface area contributed by atoms with Gasteiger partial charge in [-0.05, 0) is 24.6 Å². The van der Waals surface area contributed by atoms with Gasteiger partial charge in [-0.3, -0.25) is 19.8 Å². The molecule has 1 aliphatic heterocycles. The predicted molar refractivity (Wildman–Crippen MR) is 127 cm³/mol. The molecule has 34 heavy (non-hydrogen) atoms. The van der Waals surface area contributed by atoms with Gasteiger partial charge in [0.15, 0.2) is 0 Å². The molecular formula is C22H29N5O6S. The van der Waals surface area contributed by atoms with Crippen molar-refractivity contribution in [3.05, 3.63) is 63.7 Å². The summed E-state index contributed by atoms with van der Waals surface area (Å²) in [6.45, 7) is 5.66. The van der Waals surface area contributed by atoms with Crippen LogP contribution in [0.15, 0.2) is 47.4 Å². The van der Waals surface area contributed by atoms with Gasteiger partial charge in [0.1, 0.15) is 5.69 Å². The Morgan fingerprint density at radius 2 is 1.88 bits per heavy atom. The van der Waals surface area contributed by atoms with Gasteiger partial charge in [0.25, 0.3) is 5.69 Å². The van der Waals surface area contributed by atoms with Gasteiger partial charge in [-0.1, -0.05) is 29.8 Å². The quantitative estimate of drug-likeness (QED) is 0.334. The molecular weight excluding hydrogens is 462 g/mol. The molecule has 0 radical (unpaired) electrons. The van der Waals surface area contributed by atoms with E-state index in [4.69, 9.17) is 9.88 Å². The number of nitro groups is 1. The largest absolute Gasteiger partial charge is 0.379 e. The molecule has 0 aromatic heterocycles. The Kier molecular flexibility index (Phi) is 8.56. The van der Waals surface area contributed by atoms with Gasteiger partial charge in [0.2, 0.25) is 15.9 Å². The molecule has 0 saturated carbocycles. The van der Waals surface area contributed by atoms with Crippen LogP contribution in [0.4, 0.5) is 11.4 Å². The maximum absolute atomic E-state index is 12.7. The zero-order valence-electron chi connectivity index (χ0n) is 18.9. The molecule has 4 N–H and O–H groups in total. The minimum atomic E-state index is -4.07. The molecule has 1 atom stereocenters. The number of sulfonamides is 1. The van der Waals surface area contributed by atoms with E-state index < -0.39 is 20.6 Å². The maximum Gasteiger partial charge on any atom is 0.293 e. The van der Waals surface area contributed by atoms with Crippen molar-refractivity contribution in [1.29, 1.82) is 0 Å². The number of nitrogens with zero attached hydrogens (tertiary/aromatic N) is 2. The van der Waals surface area contributed by atoms with Gasteiger partial charge < -0.3 is 15.4 Å². The van der Waals surface area contributed by atoms with Gasteiger partial charge in [-0.25, -0.2) is 13.6 Å². The van der Waals surface area contributed by atoms with Crippen LogP contribution in [0.1, 0.15) is 23.6 Å². The second-order valence-electron chi connectivity index (χ2n) is 8.10. The molecule has 1 fully saturated rings. The Balaban J connectivity index is 1.63. The third-order valence-corrected chi connectivity index (χ3v) is 6.43. The summed E-state index contributed by atoms with van der Waals surface area (Å²) >= 11 is 0. The van der Waals surface area contributed by atoms with Crippen LogP contribution >= 0.6 is 0 Å². The number of anilines is 1. The van der Waals surface area contributed by atoms with E-state index in [1.54, 1.807) is 0 Å². The average molecular weight is 492 g/mol. The molecule has 2 aromatic carbocycles. The molecule has 1 amide bonds. The number of benzene rings is 2. The highest BCUT2D eigenvalue weighted by Gasteiger charge is 2.21. The zero-order valence-corrected chi connectivity index (χ0v) is 19.7. The van der Waals surface area contributed by atoms with E-state index in [0.29, 0.717) is 19.8 Å². The number of nitrogens with two attached hydrogens (primary N) is 1. The van der Waals surface area contributed by atoms with Gasteiger partial charge >= 0.3 is 0 Å². The number of morpholine rings is 1. The first-order valence-electron chi connectivity index (χ1n) is 10.8. The highest BCUT2D eigenvalue weighted by atomic mass is 32.2. The minimum absolute atomic E-state index is 0.0690. The second-order valence-corrected chi connectivity index (χ2v) is 9.66. The summed E-state index contributed by atoms with van der Waals surface area (Å²) in [5.74, 6) is -0.213. The molecule has 1 unspecified atom stereocenters. The lowest BCUT2D eigenvalue weighted by Crippen LogP contribution is -2.43. The van der Waals surface area contributed by atoms with Gasteiger partial charge in [-0.15, -0.1) is 0 Å². The molecule has 3 rings (SSSR count).